The highest BCUT2D eigenvalue weighted by molar-refractivity contribution is 6.04. The van der Waals surface area contributed by atoms with Crippen LogP contribution in [0.1, 0.15) is 62.3 Å². The van der Waals surface area contributed by atoms with Crippen molar-refractivity contribution < 1.29 is 51.4 Å². The number of hydrogen-bond acceptors (Lipinski definition) is 12. The average molecular weight is 945 g/mol. The minimum Gasteiger partial charge on any atom is -0.405 e. The second-order valence-electron chi connectivity index (χ2n) is 17.9. The van der Waals surface area contributed by atoms with E-state index in [-0.39, 0.29) is 53.5 Å². The number of anilines is 2. The first-order valence-corrected chi connectivity index (χ1v) is 22.6. The van der Waals surface area contributed by atoms with Gasteiger partial charge in [-0.2, -0.15) is 0 Å². The van der Waals surface area contributed by atoms with Gasteiger partial charge in [-0.15, -0.1) is 13.2 Å². The van der Waals surface area contributed by atoms with E-state index in [1.54, 1.807) is 71.3 Å². The van der Waals surface area contributed by atoms with Gasteiger partial charge in [-0.25, -0.2) is 9.97 Å². The quantitative estimate of drug-likeness (QED) is 0.131. The lowest BCUT2D eigenvalue weighted by Gasteiger charge is -2.43. The number of likely N-dealkylation sites (N-methyl/N-ethyl adjacent to an activating group) is 1. The van der Waals surface area contributed by atoms with Crippen molar-refractivity contribution in [1.29, 1.82) is 0 Å². The Morgan fingerprint density at radius 2 is 1.71 bits per heavy atom. The Bertz CT molecular complexity index is 2490. The molecule has 4 saturated heterocycles. The fourth-order valence-corrected chi connectivity index (χ4v) is 9.55. The standard InChI is InChI=1S/C47H55F3N10O8/c1-29(2)40(54-28-61)43(64)60-15-5-14-45(60,3)44(65)58-18-16-57(17-19-58)38-13-10-32(24-52-38)42(63)55-33-11-12-34(37(22-33)68-47(48,49)50)30-6-8-31(9-7-30)35-25-53-41(56-35)36-23-46(66-20-21-67-46)27-59(36)39(62)26-51-4/h6-13,22,24-25,28-29,36,40,51H,5,14-21,23,26-27H2,1-4H3,(H,53,56)(H,54,61)(H,55,63). The van der Waals surface area contributed by atoms with Crippen LogP contribution in [-0.2, 0) is 28.7 Å². The van der Waals surface area contributed by atoms with Crippen molar-refractivity contribution in [3.63, 3.8) is 0 Å². The Kier molecular flexibility index (Phi) is 13.8. The van der Waals surface area contributed by atoms with Crippen molar-refractivity contribution in [1.82, 2.24) is 40.3 Å². The number of rotatable bonds is 14. The molecule has 362 valence electrons. The number of benzene rings is 2. The second-order valence-corrected chi connectivity index (χ2v) is 17.9. The number of aromatic amines is 1. The zero-order valence-corrected chi connectivity index (χ0v) is 38.2. The van der Waals surface area contributed by atoms with Gasteiger partial charge in [0.25, 0.3) is 5.91 Å². The third-order valence-corrected chi connectivity index (χ3v) is 13.1. The van der Waals surface area contributed by atoms with Gasteiger partial charge >= 0.3 is 6.36 Å². The number of imidazole rings is 1. The van der Waals surface area contributed by atoms with E-state index in [1.807, 2.05) is 18.7 Å². The molecule has 68 heavy (non-hydrogen) atoms. The topological polar surface area (TPSA) is 204 Å². The van der Waals surface area contributed by atoms with Gasteiger partial charge in [0.1, 0.15) is 29.0 Å². The molecular formula is C47H55F3N10O8. The molecule has 6 heterocycles. The van der Waals surface area contributed by atoms with E-state index in [2.05, 4.69) is 30.7 Å². The highest BCUT2D eigenvalue weighted by Crippen LogP contribution is 2.43. The number of carbonyl (C=O) groups is 5. The lowest BCUT2D eigenvalue weighted by molar-refractivity contribution is -0.274. The summed E-state index contributed by atoms with van der Waals surface area (Å²) in [5.41, 5.74) is 0.960. The molecular weight excluding hydrogens is 890 g/mol. The SMILES string of the molecule is CNCC(=O)N1CC2(CC1c1nc(-c3ccc(-c4ccc(NC(=O)c5ccc(N6CCN(C(=O)C7(C)CCCN7C(=O)C(NC=O)C(C)C)CC6)nc5)cc4OC(F)(F)F)cc3)c[nH]1)OCCO2. The summed E-state index contributed by atoms with van der Waals surface area (Å²) in [6.45, 7) is 8.79. The number of nitrogens with one attached hydrogen (secondary N) is 4. The molecule has 4 aromatic rings. The number of ether oxygens (including phenoxy) is 3. The van der Waals surface area contributed by atoms with E-state index in [4.69, 9.17) is 14.5 Å². The van der Waals surface area contributed by atoms with Gasteiger partial charge < -0.3 is 54.7 Å². The molecule has 0 radical (unpaired) electrons. The second kappa shape index (κ2) is 19.6. The number of pyridine rings is 1. The van der Waals surface area contributed by atoms with Crippen LogP contribution >= 0.6 is 0 Å². The van der Waals surface area contributed by atoms with Crippen molar-refractivity contribution >= 4 is 41.5 Å². The minimum atomic E-state index is -5.03. The maximum atomic E-state index is 13.9. The molecule has 4 fully saturated rings. The molecule has 2 aromatic heterocycles. The zero-order chi connectivity index (χ0) is 48.4. The van der Waals surface area contributed by atoms with E-state index in [0.717, 1.165) is 6.07 Å². The maximum absolute atomic E-state index is 13.9. The Morgan fingerprint density at radius 1 is 0.985 bits per heavy atom. The molecule has 18 nitrogen and oxygen atoms in total. The molecule has 4 aliphatic heterocycles. The molecule has 0 bridgehead atoms. The zero-order valence-electron chi connectivity index (χ0n) is 38.2. The number of carbonyl (C=O) groups excluding carboxylic acids is 5. The highest BCUT2D eigenvalue weighted by atomic mass is 19.4. The monoisotopic (exact) mass is 944 g/mol. The summed E-state index contributed by atoms with van der Waals surface area (Å²) in [5, 5.41) is 8.14. The number of amides is 5. The van der Waals surface area contributed by atoms with Crippen molar-refractivity contribution in [2.24, 2.45) is 5.92 Å². The highest BCUT2D eigenvalue weighted by Gasteiger charge is 2.52. The predicted molar refractivity (Wildman–Crippen MR) is 242 cm³/mol. The molecule has 5 amide bonds. The fourth-order valence-electron chi connectivity index (χ4n) is 9.55. The normalized spacial score (nSPS) is 20.8. The van der Waals surface area contributed by atoms with Crippen LogP contribution in [0.25, 0.3) is 22.4 Å². The summed E-state index contributed by atoms with van der Waals surface area (Å²) in [6, 6.07) is 12.8. The van der Waals surface area contributed by atoms with Crippen molar-refractivity contribution in [3.8, 4) is 28.1 Å². The summed E-state index contributed by atoms with van der Waals surface area (Å²) < 4.78 is 57.6. The van der Waals surface area contributed by atoms with Crippen LogP contribution < -0.4 is 25.6 Å². The van der Waals surface area contributed by atoms with Crippen LogP contribution in [-0.4, -0.2) is 149 Å². The first kappa shape index (κ1) is 47.9. The number of hydrogen-bond donors (Lipinski definition) is 4. The molecule has 0 aliphatic carbocycles. The summed E-state index contributed by atoms with van der Waals surface area (Å²) in [5.74, 6) is -1.62. The number of nitrogens with zero attached hydrogens (tertiary/aromatic N) is 6. The van der Waals surface area contributed by atoms with Crippen LogP contribution in [0.5, 0.6) is 5.75 Å². The van der Waals surface area contributed by atoms with Crippen LogP contribution in [0, 0.1) is 5.92 Å². The largest absolute Gasteiger partial charge is 0.573 e. The van der Waals surface area contributed by atoms with E-state index in [0.29, 0.717) is 100 Å². The van der Waals surface area contributed by atoms with E-state index < -0.39 is 41.4 Å². The molecule has 3 unspecified atom stereocenters. The number of H-pyrrole nitrogens is 1. The summed E-state index contributed by atoms with van der Waals surface area (Å²) in [4.78, 5) is 84.5. The number of alkyl halides is 3. The molecule has 21 heteroatoms. The van der Waals surface area contributed by atoms with Gasteiger partial charge in [-0.1, -0.05) is 38.1 Å². The van der Waals surface area contributed by atoms with Crippen LogP contribution in [0.4, 0.5) is 24.7 Å². The molecule has 4 aliphatic rings. The summed E-state index contributed by atoms with van der Waals surface area (Å²) in [6.07, 6.45) is 0.132. The van der Waals surface area contributed by atoms with Gasteiger partial charge in [0.2, 0.25) is 24.1 Å². The van der Waals surface area contributed by atoms with Crippen molar-refractivity contribution in [2.45, 2.75) is 69.8 Å². The third-order valence-electron chi connectivity index (χ3n) is 13.1. The molecule has 1 spiro atoms. The Hall–Kier alpha value is -6.58. The van der Waals surface area contributed by atoms with Crippen LogP contribution in [0.3, 0.4) is 0 Å². The van der Waals surface area contributed by atoms with Crippen LogP contribution in [0.15, 0.2) is 67.0 Å². The van der Waals surface area contributed by atoms with Crippen molar-refractivity contribution in [2.75, 3.05) is 76.3 Å². The minimum absolute atomic E-state index is 0.0591. The maximum Gasteiger partial charge on any atom is 0.573 e. The van der Waals surface area contributed by atoms with Gasteiger partial charge in [-0.3, -0.25) is 24.0 Å². The van der Waals surface area contributed by atoms with Gasteiger partial charge in [0.05, 0.1) is 43.6 Å². The van der Waals surface area contributed by atoms with E-state index in [1.165, 1.54) is 18.3 Å². The molecule has 2 aromatic carbocycles. The molecule has 4 N–H and O–H groups in total. The lowest BCUT2D eigenvalue weighted by atomic mass is 9.94. The first-order valence-electron chi connectivity index (χ1n) is 22.6. The number of aromatic nitrogens is 3. The Balaban J connectivity index is 0.898. The smallest absolute Gasteiger partial charge is 0.405 e. The van der Waals surface area contributed by atoms with Crippen molar-refractivity contribution in [3.05, 3.63) is 78.4 Å². The van der Waals surface area contributed by atoms with Gasteiger partial charge in [0.15, 0.2) is 5.79 Å². The molecule has 0 saturated carbocycles. The molecule has 3 atom stereocenters. The van der Waals surface area contributed by atoms with Gasteiger partial charge in [0, 0.05) is 74.4 Å². The van der Waals surface area contributed by atoms with E-state index in [9.17, 15) is 37.1 Å². The van der Waals surface area contributed by atoms with Gasteiger partial charge in [-0.05, 0) is 62.6 Å². The van der Waals surface area contributed by atoms with E-state index >= 15 is 0 Å². The average Bonchev–Trinajstić information content (AvgIpc) is 4.15. The first-order chi connectivity index (χ1) is 32.5. The Labute approximate surface area is 390 Å². The number of piperazine rings is 1. The summed E-state index contributed by atoms with van der Waals surface area (Å²) in [7, 11) is 1.69. The lowest BCUT2D eigenvalue weighted by Crippen LogP contribution is -2.62. The number of likely N-dealkylation sites (tertiary alicyclic amines) is 2. The predicted octanol–water partition coefficient (Wildman–Crippen LogP) is 4.33. The Morgan fingerprint density at radius 3 is 2.35 bits per heavy atom. The van der Waals surface area contributed by atoms with Crippen LogP contribution in [0.2, 0.25) is 0 Å². The fraction of sp³-hybridized carbons (Fsp3) is 0.468. The third kappa shape index (κ3) is 10.00. The summed E-state index contributed by atoms with van der Waals surface area (Å²) >= 11 is 0. The molecule has 8 rings (SSSR count). The number of halogens is 3.